The minimum absolute atomic E-state index is 0.103. The van der Waals surface area contributed by atoms with Gasteiger partial charge in [-0.1, -0.05) is 253 Å². The van der Waals surface area contributed by atoms with Gasteiger partial charge < -0.3 is 14.8 Å². The quantitative estimate of drug-likeness (QED) is 0.0374. The van der Waals surface area contributed by atoms with Crippen molar-refractivity contribution in [1.29, 1.82) is 0 Å². The first-order valence-electron chi connectivity index (χ1n) is 32.3. The Morgan fingerprint density at radius 3 is 1.65 bits per heavy atom. The summed E-state index contributed by atoms with van der Waals surface area (Å²) in [4.78, 5) is 40.4. The van der Waals surface area contributed by atoms with Gasteiger partial charge in [-0.25, -0.2) is 4.79 Å². The van der Waals surface area contributed by atoms with Gasteiger partial charge in [-0.2, -0.15) is 0 Å². The van der Waals surface area contributed by atoms with Crippen molar-refractivity contribution in [2.75, 3.05) is 6.61 Å². The lowest BCUT2D eigenvalue weighted by Crippen LogP contribution is -2.51. The number of allylic oxidation sites excluding steroid dienone is 1. The molecule has 1 N–H and O–H groups in total. The van der Waals surface area contributed by atoms with Crippen LogP contribution in [0.15, 0.2) is 11.6 Å². The molecule has 0 aliphatic heterocycles. The van der Waals surface area contributed by atoms with Crippen molar-refractivity contribution < 1.29 is 23.9 Å². The van der Waals surface area contributed by atoms with E-state index >= 15 is 0 Å². The first kappa shape index (κ1) is 62.7. The minimum Gasteiger partial charge on any atom is -0.466 e. The van der Waals surface area contributed by atoms with Crippen LogP contribution >= 0.6 is 0 Å². The van der Waals surface area contributed by atoms with E-state index in [0.717, 1.165) is 81.0 Å². The fourth-order valence-corrected chi connectivity index (χ4v) is 15.0. The molecule has 418 valence electrons. The average molecular weight is 1010 g/mol. The van der Waals surface area contributed by atoms with Crippen molar-refractivity contribution in [2.24, 2.45) is 46.3 Å². The monoisotopic (exact) mass is 1010 g/mol. The van der Waals surface area contributed by atoms with E-state index in [1.54, 1.807) is 0 Å². The summed E-state index contributed by atoms with van der Waals surface area (Å²) in [7, 11) is 0. The summed E-state index contributed by atoms with van der Waals surface area (Å²) in [6.07, 6.45) is 54.1. The zero-order chi connectivity index (χ0) is 51.9. The Morgan fingerprint density at radius 1 is 0.583 bits per heavy atom. The van der Waals surface area contributed by atoms with Crippen LogP contribution < -0.4 is 5.32 Å². The zero-order valence-electron chi connectivity index (χ0n) is 48.9. The molecule has 3 fully saturated rings. The van der Waals surface area contributed by atoms with Gasteiger partial charge in [-0.15, -0.1) is 0 Å². The third-order valence-corrected chi connectivity index (χ3v) is 19.6. The third-order valence-electron chi connectivity index (χ3n) is 19.6. The number of amides is 1. The summed E-state index contributed by atoms with van der Waals surface area (Å²) in [5.74, 6) is 4.00. The molecular weight excluding hydrogens is 887 g/mol. The van der Waals surface area contributed by atoms with Crippen molar-refractivity contribution in [3.8, 4) is 0 Å². The Kier molecular flexibility index (Phi) is 31.5. The van der Waals surface area contributed by atoms with Crippen LogP contribution in [-0.2, 0) is 23.9 Å². The summed E-state index contributed by atoms with van der Waals surface area (Å²) in [6, 6.07) is -0.833. The van der Waals surface area contributed by atoms with Gasteiger partial charge in [0.2, 0.25) is 5.91 Å². The molecule has 9 atom stereocenters. The van der Waals surface area contributed by atoms with E-state index in [0.29, 0.717) is 24.4 Å². The molecule has 0 heterocycles. The van der Waals surface area contributed by atoms with Crippen molar-refractivity contribution >= 4 is 17.8 Å². The lowest BCUT2D eigenvalue weighted by molar-refractivity contribution is -0.156. The van der Waals surface area contributed by atoms with E-state index in [1.807, 2.05) is 0 Å². The highest BCUT2D eigenvalue weighted by molar-refractivity contribution is 5.85. The van der Waals surface area contributed by atoms with Crippen molar-refractivity contribution in [3.63, 3.8) is 0 Å². The topological polar surface area (TPSA) is 81.7 Å². The number of carbonyl (C=O) groups is 3. The van der Waals surface area contributed by atoms with E-state index in [1.165, 1.54) is 211 Å². The SMILES string of the molecule is CCCCCCCCCCCCCCCCCCCCCCOC(=O)CC[C@H](NC(=O)CCCCCCCCCCC)C(=O)O[C@H]1CC[C@@]2(C)C(=CC[C@H]3[C@@H]4CC[C@H]([C@H](C)CCCC(C)C)[C@@]4(C)CC[C@@H]32)C1. The van der Waals surface area contributed by atoms with Gasteiger partial charge in [0.15, 0.2) is 0 Å². The third kappa shape index (κ3) is 22.4. The Hall–Kier alpha value is -1.85. The number of hydrogen-bond donors (Lipinski definition) is 1. The van der Waals surface area contributed by atoms with Crippen molar-refractivity contribution in [1.82, 2.24) is 5.32 Å². The molecule has 0 aromatic rings. The molecule has 6 heteroatoms. The molecule has 0 unspecified atom stereocenters. The highest BCUT2D eigenvalue weighted by Gasteiger charge is 2.59. The maximum Gasteiger partial charge on any atom is 0.328 e. The molecule has 0 aromatic heterocycles. The predicted octanol–water partition coefficient (Wildman–Crippen LogP) is 19.5. The van der Waals surface area contributed by atoms with Gasteiger partial charge in [-0.3, -0.25) is 9.59 Å². The van der Waals surface area contributed by atoms with Gasteiger partial charge in [-0.05, 0) is 111 Å². The molecule has 0 aromatic carbocycles. The number of unbranched alkanes of at least 4 members (excludes halogenated alkanes) is 27. The number of fused-ring (bicyclic) bond motifs is 5. The van der Waals surface area contributed by atoms with Gasteiger partial charge in [0, 0.05) is 19.3 Å². The minimum atomic E-state index is -0.833. The summed E-state index contributed by atoms with van der Waals surface area (Å²) in [5.41, 5.74) is 2.15. The van der Waals surface area contributed by atoms with Crippen molar-refractivity contribution in [3.05, 3.63) is 11.6 Å². The van der Waals surface area contributed by atoms with Crippen LogP contribution in [0, 0.1) is 46.3 Å². The summed E-state index contributed by atoms with van der Waals surface area (Å²) in [5, 5.41) is 3.04. The van der Waals surface area contributed by atoms with Crippen LogP contribution in [0.4, 0.5) is 0 Å². The van der Waals surface area contributed by atoms with Crippen LogP contribution in [0.3, 0.4) is 0 Å². The molecule has 0 bridgehead atoms. The van der Waals surface area contributed by atoms with Crippen LogP contribution in [0.25, 0.3) is 0 Å². The molecule has 4 aliphatic rings. The lowest BCUT2D eigenvalue weighted by Gasteiger charge is -2.58. The second kappa shape index (κ2) is 36.2. The van der Waals surface area contributed by atoms with Crippen LogP contribution in [0.5, 0.6) is 0 Å². The number of carbonyl (C=O) groups excluding carboxylic acids is 3. The Labute approximate surface area is 446 Å². The average Bonchev–Trinajstić information content (AvgIpc) is 3.72. The predicted molar refractivity (Wildman–Crippen MR) is 305 cm³/mol. The van der Waals surface area contributed by atoms with Gasteiger partial charge in [0.25, 0.3) is 0 Å². The number of nitrogens with one attached hydrogen (secondary N) is 1. The number of ether oxygens (including phenoxy) is 2. The number of esters is 2. The smallest absolute Gasteiger partial charge is 0.328 e. The van der Waals surface area contributed by atoms with E-state index in [-0.39, 0.29) is 42.2 Å². The highest BCUT2D eigenvalue weighted by atomic mass is 16.5. The van der Waals surface area contributed by atoms with Gasteiger partial charge >= 0.3 is 11.9 Å². The molecule has 0 spiro atoms. The second-order valence-electron chi connectivity index (χ2n) is 25.8. The molecule has 72 heavy (non-hydrogen) atoms. The summed E-state index contributed by atoms with van der Waals surface area (Å²) in [6.45, 7) is 17.5. The number of hydrogen-bond acceptors (Lipinski definition) is 5. The summed E-state index contributed by atoms with van der Waals surface area (Å²) < 4.78 is 12.0. The van der Waals surface area contributed by atoms with E-state index in [9.17, 15) is 14.4 Å². The van der Waals surface area contributed by atoms with Gasteiger partial charge in [0.1, 0.15) is 12.1 Å². The molecule has 1 amide bonds. The zero-order valence-corrected chi connectivity index (χ0v) is 48.9. The standard InChI is InChI=1S/C66H119NO5/c1-8-10-12-14-16-18-19-20-21-22-23-24-25-26-27-28-30-32-34-36-51-71-63(69)46-45-61(67-62(68)40-35-33-31-29-17-15-13-11-9-2)64(70)72-56-47-49-65(6)55(52-56)41-42-57-59-44-43-58(54(5)39-37-38-53(3)4)66(59,7)50-48-60(57)65/h41,53-54,56-61H,8-40,42-52H2,1-7H3,(H,67,68)/t54-,56+,57+,58-,59+,60+,61+,65+,66-/m1/s1. The van der Waals surface area contributed by atoms with Gasteiger partial charge in [0.05, 0.1) is 6.61 Å². The van der Waals surface area contributed by atoms with E-state index in [4.69, 9.17) is 9.47 Å². The van der Waals surface area contributed by atoms with Crippen molar-refractivity contribution in [2.45, 2.75) is 337 Å². The Morgan fingerprint density at radius 2 is 1.11 bits per heavy atom. The molecule has 4 rings (SSSR count). The Bertz CT molecular complexity index is 1490. The molecular formula is C66H119NO5. The second-order valence-corrected chi connectivity index (χ2v) is 25.8. The van der Waals surface area contributed by atoms with Crippen LogP contribution in [0.2, 0.25) is 0 Å². The summed E-state index contributed by atoms with van der Waals surface area (Å²) >= 11 is 0. The normalized spacial score (nSPS) is 25.6. The fourth-order valence-electron chi connectivity index (χ4n) is 15.0. The maximum absolute atomic E-state index is 14.0. The van der Waals surface area contributed by atoms with E-state index < -0.39 is 6.04 Å². The molecule has 4 aliphatic carbocycles. The lowest BCUT2D eigenvalue weighted by atomic mass is 9.47. The van der Waals surface area contributed by atoms with Crippen LogP contribution in [0.1, 0.15) is 325 Å². The fraction of sp³-hybridized carbons (Fsp3) is 0.924. The van der Waals surface area contributed by atoms with Crippen LogP contribution in [-0.4, -0.2) is 36.6 Å². The first-order valence-corrected chi connectivity index (χ1v) is 32.3. The first-order chi connectivity index (χ1) is 34.9. The molecule has 3 saturated carbocycles. The highest BCUT2D eigenvalue weighted by Crippen LogP contribution is 2.67. The molecule has 0 saturated heterocycles. The largest absolute Gasteiger partial charge is 0.466 e. The molecule has 0 radical (unpaired) electrons. The number of rotatable bonds is 42. The molecule has 6 nitrogen and oxygen atoms in total. The van der Waals surface area contributed by atoms with E-state index in [2.05, 4.69) is 59.9 Å². The Balaban J connectivity index is 1.16. The maximum atomic E-state index is 14.0.